The number of ether oxygens (including phenoxy) is 1. The zero-order valence-corrected chi connectivity index (χ0v) is 13.6. The predicted molar refractivity (Wildman–Crippen MR) is 83.0 cm³/mol. The third-order valence-corrected chi connectivity index (χ3v) is 6.41. The number of hydrogen-bond donors (Lipinski definition) is 0. The van der Waals surface area contributed by atoms with Gasteiger partial charge in [0.25, 0.3) is 0 Å². The summed E-state index contributed by atoms with van der Waals surface area (Å²) in [6.07, 6.45) is 9.19. The van der Waals surface area contributed by atoms with E-state index < -0.39 is 0 Å². The topological polar surface area (TPSA) is 9.23 Å². The largest absolute Gasteiger partial charge is 0.489 e. The molecule has 2 atom stereocenters. The molecular formula is C17H22BrFO. The maximum Gasteiger partial charge on any atom is 0.123 e. The number of benzene rings is 1. The molecule has 1 aromatic carbocycles. The molecule has 2 aliphatic rings. The molecule has 2 aliphatic carbocycles. The lowest BCUT2D eigenvalue weighted by Crippen LogP contribution is -2.56. The van der Waals surface area contributed by atoms with Gasteiger partial charge in [0.2, 0.25) is 0 Å². The molecule has 0 amide bonds. The monoisotopic (exact) mass is 340 g/mol. The van der Waals surface area contributed by atoms with Gasteiger partial charge in [0.05, 0.1) is 0 Å². The summed E-state index contributed by atoms with van der Waals surface area (Å²) in [4.78, 5) is 0.582. The predicted octanol–water partition coefficient (Wildman–Crippen LogP) is 5.39. The average molecular weight is 341 g/mol. The van der Waals surface area contributed by atoms with Crippen molar-refractivity contribution in [3.05, 3.63) is 29.6 Å². The Hall–Kier alpha value is -0.570. The smallest absolute Gasteiger partial charge is 0.123 e. The van der Waals surface area contributed by atoms with Gasteiger partial charge in [-0.1, -0.05) is 41.6 Å². The van der Waals surface area contributed by atoms with Crippen molar-refractivity contribution >= 4 is 15.9 Å². The van der Waals surface area contributed by atoms with Gasteiger partial charge in [-0.05, 0) is 49.9 Å². The molecule has 0 heterocycles. The van der Waals surface area contributed by atoms with Crippen LogP contribution in [0.3, 0.4) is 0 Å². The SMILES string of the molecule is Cc1cc(F)ccc1OC1CC(Br)C12CCCCCC2. The molecular weight excluding hydrogens is 319 g/mol. The first kappa shape index (κ1) is 14.4. The summed E-state index contributed by atoms with van der Waals surface area (Å²) in [6.45, 7) is 1.92. The molecule has 0 bridgehead atoms. The van der Waals surface area contributed by atoms with Crippen molar-refractivity contribution in [2.45, 2.75) is 62.8 Å². The standard InChI is InChI=1S/C17H22BrFO/c1-12-10-13(19)6-7-14(12)20-16-11-15(18)17(16)8-4-2-3-5-9-17/h6-7,10,15-16H,2-5,8-9,11H2,1H3. The molecule has 3 rings (SSSR count). The molecule has 2 fully saturated rings. The van der Waals surface area contributed by atoms with E-state index in [9.17, 15) is 4.39 Å². The van der Waals surface area contributed by atoms with Crippen molar-refractivity contribution in [2.75, 3.05) is 0 Å². The molecule has 3 heteroatoms. The van der Waals surface area contributed by atoms with Crippen LogP contribution in [-0.2, 0) is 0 Å². The van der Waals surface area contributed by atoms with Crippen molar-refractivity contribution in [2.24, 2.45) is 5.41 Å². The fourth-order valence-corrected chi connectivity index (χ4v) is 4.88. The van der Waals surface area contributed by atoms with Gasteiger partial charge in [-0.2, -0.15) is 0 Å². The molecule has 0 aliphatic heterocycles. The lowest BCUT2D eigenvalue weighted by atomic mass is 9.61. The summed E-state index contributed by atoms with van der Waals surface area (Å²) in [5, 5.41) is 0. The maximum atomic E-state index is 13.2. The Balaban J connectivity index is 1.76. The summed E-state index contributed by atoms with van der Waals surface area (Å²) in [5.41, 5.74) is 1.20. The Morgan fingerprint density at radius 1 is 1.20 bits per heavy atom. The van der Waals surface area contributed by atoms with E-state index in [1.807, 2.05) is 6.92 Å². The van der Waals surface area contributed by atoms with Crippen LogP contribution in [0.4, 0.5) is 4.39 Å². The number of alkyl halides is 1. The number of halogens is 2. The van der Waals surface area contributed by atoms with Crippen molar-refractivity contribution in [3.63, 3.8) is 0 Å². The molecule has 1 aromatic rings. The minimum absolute atomic E-state index is 0.189. The summed E-state index contributed by atoms with van der Waals surface area (Å²) < 4.78 is 19.4. The van der Waals surface area contributed by atoms with Gasteiger partial charge >= 0.3 is 0 Å². The lowest BCUT2D eigenvalue weighted by molar-refractivity contribution is -0.0465. The van der Waals surface area contributed by atoms with Gasteiger partial charge in [0.1, 0.15) is 17.7 Å². The molecule has 1 nitrogen and oxygen atoms in total. The highest BCUT2D eigenvalue weighted by Gasteiger charge is 2.55. The van der Waals surface area contributed by atoms with Crippen LogP contribution in [0.2, 0.25) is 0 Å². The fraction of sp³-hybridized carbons (Fsp3) is 0.647. The van der Waals surface area contributed by atoms with E-state index in [1.165, 1.54) is 44.6 Å². The van der Waals surface area contributed by atoms with Crippen LogP contribution < -0.4 is 4.74 Å². The third-order valence-electron chi connectivity index (χ3n) is 5.13. The normalized spacial score (nSPS) is 28.8. The van der Waals surface area contributed by atoms with E-state index in [0.717, 1.165) is 17.7 Å². The van der Waals surface area contributed by atoms with Crippen molar-refractivity contribution in [1.82, 2.24) is 0 Å². The summed E-state index contributed by atoms with van der Waals surface area (Å²) in [6, 6.07) is 4.82. The van der Waals surface area contributed by atoms with Crippen LogP contribution in [0.5, 0.6) is 5.75 Å². The molecule has 110 valence electrons. The zero-order valence-electron chi connectivity index (χ0n) is 12.0. The van der Waals surface area contributed by atoms with Crippen LogP contribution in [0.1, 0.15) is 50.5 Å². The molecule has 0 saturated heterocycles. The highest BCUT2D eigenvalue weighted by Crippen LogP contribution is 2.55. The molecule has 0 radical (unpaired) electrons. The summed E-state index contributed by atoms with van der Waals surface area (Å²) in [7, 11) is 0. The zero-order chi connectivity index (χ0) is 14.2. The maximum absolute atomic E-state index is 13.2. The highest BCUT2D eigenvalue weighted by molar-refractivity contribution is 9.09. The minimum Gasteiger partial charge on any atom is -0.489 e. The van der Waals surface area contributed by atoms with E-state index in [0.29, 0.717) is 10.2 Å². The summed E-state index contributed by atoms with van der Waals surface area (Å²) >= 11 is 3.86. The van der Waals surface area contributed by atoms with Gasteiger partial charge in [0.15, 0.2) is 0 Å². The Morgan fingerprint density at radius 2 is 1.90 bits per heavy atom. The van der Waals surface area contributed by atoms with E-state index >= 15 is 0 Å². The Kier molecular flexibility index (Phi) is 4.07. The van der Waals surface area contributed by atoms with Gasteiger partial charge in [-0.15, -0.1) is 0 Å². The van der Waals surface area contributed by atoms with Crippen LogP contribution >= 0.6 is 15.9 Å². The number of hydrogen-bond acceptors (Lipinski definition) is 1. The highest BCUT2D eigenvalue weighted by atomic mass is 79.9. The van der Waals surface area contributed by atoms with E-state index in [1.54, 1.807) is 12.1 Å². The van der Waals surface area contributed by atoms with Gasteiger partial charge in [0, 0.05) is 10.2 Å². The van der Waals surface area contributed by atoms with Crippen molar-refractivity contribution < 1.29 is 9.13 Å². The quantitative estimate of drug-likeness (QED) is 0.656. The minimum atomic E-state index is -0.189. The third kappa shape index (κ3) is 2.49. The Bertz CT molecular complexity index is 480. The fourth-order valence-electron chi connectivity index (χ4n) is 3.78. The van der Waals surface area contributed by atoms with Crippen LogP contribution in [0.25, 0.3) is 0 Å². The van der Waals surface area contributed by atoms with E-state index in [-0.39, 0.29) is 11.9 Å². The Labute approximate surface area is 129 Å². The van der Waals surface area contributed by atoms with Crippen molar-refractivity contribution in [1.29, 1.82) is 0 Å². The van der Waals surface area contributed by atoms with Gasteiger partial charge in [-0.25, -0.2) is 4.39 Å². The Morgan fingerprint density at radius 3 is 2.50 bits per heavy atom. The second-order valence-corrected chi connectivity index (χ2v) is 7.47. The second kappa shape index (κ2) is 5.67. The lowest BCUT2D eigenvalue weighted by Gasteiger charge is -2.53. The first-order valence-electron chi connectivity index (χ1n) is 7.69. The number of rotatable bonds is 2. The number of aryl methyl sites for hydroxylation is 1. The molecule has 0 aromatic heterocycles. The van der Waals surface area contributed by atoms with Gasteiger partial charge in [-0.3, -0.25) is 0 Å². The molecule has 20 heavy (non-hydrogen) atoms. The van der Waals surface area contributed by atoms with E-state index in [4.69, 9.17) is 4.74 Å². The van der Waals surface area contributed by atoms with E-state index in [2.05, 4.69) is 15.9 Å². The molecule has 2 unspecified atom stereocenters. The van der Waals surface area contributed by atoms with Crippen molar-refractivity contribution in [3.8, 4) is 5.75 Å². The van der Waals surface area contributed by atoms with Crippen LogP contribution in [0.15, 0.2) is 18.2 Å². The second-order valence-electron chi connectivity index (χ2n) is 6.37. The average Bonchev–Trinajstić information content (AvgIpc) is 2.69. The van der Waals surface area contributed by atoms with Crippen LogP contribution in [-0.4, -0.2) is 10.9 Å². The van der Waals surface area contributed by atoms with Gasteiger partial charge < -0.3 is 4.74 Å². The summed E-state index contributed by atoms with van der Waals surface area (Å²) in [5.74, 6) is 0.658. The first-order valence-corrected chi connectivity index (χ1v) is 8.60. The molecule has 2 saturated carbocycles. The van der Waals surface area contributed by atoms with Crippen LogP contribution in [0, 0.1) is 18.2 Å². The molecule has 1 spiro atoms. The molecule has 0 N–H and O–H groups in total. The first-order chi connectivity index (χ1) is 9.62.